The molecule has 3 nitrogen and oxygen atoms in total. The fraction of sp³-hybridized carbons (Fsp3) is 0.217. The predicted molar refractivity (Wildman–Crippen MR) is 134 cm³/mol. The molecule has 0 spiro atoms. The Morgan fingerprint density at radius 2 is 1.26 bits per heavy atom. The van der Waals surface area contributed by atoms with Gasteiger partial charge in [0.05, 0.1) is 22.9 Å². The van der Waals surface area contributed by atoms with E-state index in [0.717, 1.165) is 59.0 Å². The normalized spacial score (nSPS) is 12.0. The highest BCUT2D eigenvalue weighted by Crippen LogP contribution is 2.38. The molecule has 3 aromatic rings. The number of hydrogen-bond donors (Lipinski definition) is 4. The molecule has 0 saturated heterocycles. The maximum atomic E-state index is 13.3. The molecule has 3 aromatic carbocycles. The molecule has 0 bridgehead atoms. The lowest BCUT2D eigenvalue weighted by molar-refractivity contribution is -0.138. The van der Waals surface area contributed by atoms with E-state index >= 15 is 0 Å². The van der Waals surface area contributed by atoms with Crippen LogP contribution in [0.3, 0.4) is 0 Å². The average molecular weight is 550 g/mol. The van der Waals surface area contributed by atoms with Crippen LogP contribution in [-0.2, 0) is 12.4 Å². The van der Waals surface area contributed by atoms with Crippen LogP contribution in [0.5, 0.6) is 0 Å². The molecular formula is C23H21F6N3S3. The van der Waals surface area contributed by atoms with Gasteiger partial charge in [-0.3, -0.25) is 0 Å². The molecule has 0 fully saturated rings. The van der Waals surface area contributed by atoms with Crippen molar-refractivity contribution in [3.8, 4) is 0 Å². The summed E-state index contributed by atoms with van der Waals surface area (Å²) in [5.74, 6) is 0.358. The van der Waals surface area contributed by atoms with Crippen molar-refractivity contribution in [1.82, 2.24) is 0 Å². The van der Waals surface area contributed by atoms with Gasteiger partial charge < -0.3 is 16.4 Å². The molecule has 0 atom stereocenters. The van der Waals surface area contributed by atoms with Crippen LogP contribution in [0.4, 0.5) is 43.4 Å². The molecule has 0 aliphatic carbocycles. The minimum atomic E-state index is -4.52. The number of thiol groups is 1. The van der Waals surface area contributed by atoms with E-state index in [-0.39, 0.29) is 22.3 Å². The lowest BCUT2D eigenvalue weighted by atomic mass is 10.2. The Balaban J connectivity index is 1.73. The van der Waals surface area contributed by atoms with Gasteiger partial charge in [0.25, 0.3) is 0 Å². The Bertz CT molecular complexity index is 1180. The highest BCUT2D eigenvalue weighted by Gasteiger charge is 2.32. The molecule has 0 aliphatic heterocycles. The fourth-order valence-corrected chi connectivity index (χ4v) is 5.05. The van der Waals surface area contributed by atoms with Crippen molar-refractivity contribution >= 4 is 53.2 Å². The van der Waals surface area contributed by atoms with E-state index in [1.807, 2.05) is 25.1 Å². The average Bonchev–Trinajstić information content (AvgIpc) is 2.75. The largest absolute Gasteiger partial charge is 0.416 e. The summed E-state index contributed by atoms with van der Waals surface area (Å²) in [6, 6.07) is 11.9. The van der Waals surface area contributed by atoms with Crippen molar-refractivity contribution in [1.29, 1.82) is 0 Å². The third-order valence-corrected chi connectivity index (χ3v) is 7.04. The van der Waals surface area contributed by atoms with Crippen LogP contribution in [0.1, 0.15) is 16.7 Å². The van der Waals surface area contributed by atoms with Crippen LogP contribution in [0.2, 0.25) is 0 Å². The monoisotopic (exact) mass is 549 g/mol. The SMILES string of the molecule is Cc1ccc(NCSc2cc(C(F)(F)F)ccc2NCSc2cc(C(F)(F)F)ccc2N)c(S)c1. The van der Waals surface area contributed by atoms with Gasteiger partial charge in [-0.1, -0.05) is 6.07 Å². The minimum absolute atomic E-state index is 0.0939. The van der Waals surface area contributed by atoms with E-state index in [9.17, 15) is 26.3 Å². The van der Waals surface area contributed by atoms with Crippen LogP contribution in [-0.4, -0.2) is 11.8 Å². The Kier molecular flexibility index (Phi) is 8.71. The lowest BCUT2D eigenvalue weighted by Gasteiger charge is -2.16. The third kappa shape index (κ3) is 7.58. The van der Waals surface area contributed by atoms with Crippen molar-refractivity contribution < 1.29 is 26.3 Å². The highest BCUT2D eigenvalue weighted by molar-refractivity contribution is 8.00. The smallest absolute Gasteiger partial charge is 0.398 e. The predicted octanol–water partition coefficient (Wildman–Crippen LogP) is 8.23. The third-order valence-electron chi connectivity index (χ3n) is 4.78. The van der Waals surface area contributed by atoms with Crippen LogP contribution in [0, 0.1) is 6.92 Å². The molecule has 4 N–H and O–H groups in total. The molecule has 0 saturated carbocycles. The first-order chi connectivity index (χ1) is 16.3. The number of benzene rings is 3. The van der Waals surface area contributed by atoms with Gasteiger partial charge in [-0.15, -0.1) is 36.2 Å². The summed E-state index contributed by atoms with van der Waals surface area (Å²) in [7, 11) is 0. The van der Waals surface area contributed by atoms with Crippen LogP contribution < -0.4 is 16.4 Å². The summed E-state index contributed by atoms with van der Waals surface area (Å²) in [6.07, 6.45) is -9.03. The van der Waals surface area contributed by atoms with E-state index in [0.29, 0.717) is 15.5 Å². The number of rotatable bonds is 8. The first-order valence-corrected chi connectivity index (χ1v) is 12.5. The van der Waals surface area contributed by atoms with Gasteiger partial charge in [-0.05, 0) is 61.0 Å². The van der Waals surface area contributed by atoms with Crippen LogP contribution >= 0.6 is 36.2 Å². The number of hydrogen-bond acceptors (Lipinski definition) is 6. The van der Waals surface area contributed by atoms with Gasteiger partial charge in [0.15, 0.2) is 0 Å². The number of aryl methyl sites for hydroxylation is 1. The quantitative estimate of drug-likeness (QED) is 0.0750. The molecule has 0 radical (unpaired) electrons. The zero-order valence-electron chi connectivity index (χ0n) is 18.2. The van der Waals surface area contributed by atoms with Gasteiger partial charge in [-0.2, -0.15) is 26.3 Å². The minimum Gasteiger partial charge on any atom is -0.398 e. The molecule has 0 amide bonds. The second-order valence-electron chi connectivity index (χ2n) is 7.41. The van der Waals surface area contributed by atoms with Gasteiger partial charge >= 0.3 is 12.4 Å². The topological polar surface area (TPSA) is 50.1 Å². The van der Waals surface area contributed by atoms with Crippen molar-refractivity contribution in [2.75, 3.05) is 28.1 Å². The van der Waals surface area contributed by atoms with Gasteiger partial charge in [0.1, 0.15) is 0 Å². The second-order valence-corrected chi connectivity index (χ2v) is 9.93. The van der Waals surface area contributed by atoms with Crippen molar-refractivity contribution in [2.24, 2.45) is 0 Å². The number of thioether (sulfide) groups is 2. The Hall–Kier alpha value is -2.31. The molecule has 188 valence electrons. The summed E-state index contributed by atoms with van der Waals surface area (Å²) in [5, 5.41) is 6.12. The number of alkyl halides is 6. The molecule has 0 aromatic heterocycles. The number of nitrogens with two attached hydrogens (primary N) is 1. The summed E-state index contributed by atoms with van der Waals surface area (Å²) < 4.78 is 78.8. The molecular weight excluding hydrogens is 528 g/mol. The van der Waals surface area contributed by atoms with E-state index in [1.165, 1.54) is 12.1 Å². The van der Waals surface area contributed by atoms with Gasteiger partial charge in [0, 0.05) is 31.7 Å². The van der Waals surface area contributed by atoms with Crippen molar-refractivity contribution in [3.63, 3.8) is 0 Å². The van der Waals surface area contributed by atoms with Crippen molar-refractivity contribution in [2.45, 2.75) is 34.0 Å². The second kappa shape index (κ2) is 11.2. The molecule has 0 heterocycles. The molecule has 12 heteroatoms. The Morgan fingerprint density at radius 3 is 1.86 bits per heavy atom. The number of halogens is 6. The first kappa shape index (κ1) is 27.3. The Morgan fingerprint density at radius 1 is 0.743 bits per heavy atom. The molecule has 0 aliphatic rings. The summed E-state index contributed by atoms with van der Waals surface area (Å²) in [5.41, 5.74) is 6.52. The fourth-order valence-electron chi connectivity index (χ4n) is 2.97. The maximum absolute atomic E-state index is 13.3. The van der Waals surface area contributed by atoms with E-state index in [2.05, 4.69) is 23.3 Å². The van der Waals surface area contributed by atoms with E-state index in [4.69, 9.17) is 5.73 Å². The lowest BCUT2D eigenvalue weighted by Crippen LogP contribution is -2.08. The van der Waals surface area contributed by atoms with Crippen molar-refractivity contribution in [3.05, 3.63) is 71.3 Å². The number of anilines is 3. The maximum Gasteiger partial charge on any atom is 0.416 e. The van der Waals surface area contributed by atoms with Crippen LogP contribution in [0.25, 0.3) is 0 Å². The molecule has 3 rings (SSSR count). The molecule has 0 unspecified atom stereocenters. The summed E-state index contributed by atoms with van der Waals surface area (Å²) >= 11 is 6.57. The first-order valence-electron chi connectivity index (χ1n) is 10.1. The van der Waals surface area contributed by atoms with Gasteiger partial charge in [-0.25, -0.2) is 0 Å². The zero-order chi connectivity index (χ0) is 25.8. The van der Waals surface area contributed by atoms with Crippen LogP contribution in [0.15, 0.2) is 69.3 Å². The van der Waals surface area contributed by atoms with E-state index < -0.39 is 23.5 Å². The number of nitrogen functional groups attached to an aromatic ring is 1. The standard InChI is InChI=1S/C23H21F6N3S3/c1-13-2-6-17(19(33)8-13)31-11-35-21-10-15(23(27,28)29)4-7-18(21)32-12-34-20-9-14(22(24,25)26)3-5-16(20)30/h2-10,31-33H,11-12,30H2,1H3. The Labute approximate surface area is 212 Å². The zero-order valence-corrected chi connectivity index (χ0v) is 20.7. The highest BCUT2D eigenvalue weighted by atomic mass is 32.2. The molecule has 35 heavy (non-hydrogen) atoms. The summed E-state index contributed by atoms with van der Waals surface area (Å²) in [4.78, 5) is 1.26. The van der Waals surface area contributed by atoms with E-state index in [1.54, 1.807) is 0 Å². The van der Waals surface area contributed by atoms with Gasteiger partial charge in [0.2, 0.25) is 0 Å². The summed E-state index contributed by atoms with van der Waals surface area (Å²) in [6.45, 7) is 1.92. The number of nitrogens with one attached hydrogen (secondary N) is 2.